The van der Waals surface area contributed by atoms with Crippen molar-refractivity contribution in [1.29, 1.82) is 0 Å². The highest BCUT2D eigenvalue weighted by molar-refractivity contribution is 5.79. The highest BCUT2D eigenvalue weighted by Gasteiger charge is 2.04. The molecule has 1 heterocycles. The Hall–Kier alpha value is -1.57. The molecule has 2 rings (SSSR count). The number of hydrogen-bond acceptors (Lipinski definition) is 1. The Morgan fingerprint density at radius 2 is 2.00 bits per heavy atom. The first-order valence-corrected chi connectivity index (χ1v) is 5.77. The van der Waals surface area contributed by atoms with Crippen LogP contribution in [0, 0.1) is 0 Å². The maximum absolute atomic E-state index is 11.9. The Morgan fingerprint density at radius 1 is 1.25 bits per heavy atom. The number of aromatic amines is 1. The molecule has 1 N–H and O–H groups in total. The number of H-pyrrole nitrogens is 1. The summed E-state index contributed by atoms with van der Waals surface area (Å²) in [4.78, 5) is 15.2. The number of aryl methyl sites for hydroxylation is 1. The average Bonchev–Trinajstić information content (AvgIpc) is 2.28. The summed E-state index contributed by atoms with van der Waals surface area (Å²) in [5.74, 6) is 0.453. The second-order valence-corrected chi connectivity index (χ2v) is 4.47. The molecule has 0 radical (unpaired) electrons. The quantitative estimate of drug-likeness (QED) is 0.819. The molecule has 0 unspecified atom stereocenters. The molecule has 0 spiro atoms. The van der Waals surface area contributed by atoms with Crippen molar-refractivity contribution >= 4 is 10.9 Å². The van der Waals surface area contributed by atoms with E-state index in [0.29, 0.717) is 5.92 Å². The van der Waals surface area contributed by atoms with Gasteiger partial charge in [0.25, 0.3) is 0 Å². The van der Waals surface area contributed by atoms with E-state index in [-0.39, 0.29) is 5.43 Å². The van der Waals surface area contributed by atoms with E-state index < -0.39 is 0 Å². The van der Waals surface area contributed by atoms with Crippen LogP contribution in [-0.4, -0.2) is 4.98 Å². The zero-order valence-electron chi connectivity index (χ0n) is 10.0. The van der Waals surface area contributed by atoms with Crippen molar-refractivity contribution in [2.45, 2.75) is 33.1 Å². The SMILES string of the molecule is CCc1cc(=O)c2cc(C(C)C)ccc2[nH]1. The maximum Gasteiger partial charge on any atom is 0.189 e. The summed E-state index contributed by atoms with van der Waals surface area (Å²) in [6, 6.07) is 7.79. The molecule has 2 aromatic rings. The van der Waals surface area contributed by atoms with Gasteiger partial charge in [-0.25, -0.2) is 0 Å². The number of fused-ring (bicyclic) bond motifs is 1. The second kappa shape index (κ2) is 4.12. The first-order chi connectivity index (χ1) is 7.61. The lowest BCUT2D eigenvalue weighted by molar-refractivity contribution is 0.868. The monoisotopic (exact) mass is 215 g/mol. The van der Waals surface area contributed by atoms with Gasteiger partial charge in [-0.15, -0.1) is 0 Å². The number of pyridine rings is 1. The number of benzene rings is 1. The van der Waals surface area contributed by atoms with Gasteiger partial charge in [0, 0.05) is 22.7 Å². The fourth-order valence-electron chi connectivity index (χ4n) is 1.87. The molecule has 1 aromatic carbocycles. The Kier molecular flexibility index (Phi) is 2.82. The molecule has 0 amide bonds. The van der Waals surface area contributed by atoms with Crippen LogP contribution in [0.25, 0.3) is 10.9 Å². The Labute approximate surface area is 95.3 Å². The summed E-state index contributed by atoms with van der Waals surface area (Å²) in [7, 11) is 0. The molecule has 1 aromatic heterocycles. The van der Waals surface area contributed by atoms with Gasteiger partial charge in [0.2, 0.25) is 0 Å². The van der Waals surface area contributed by atoms with Crippen LogP contribution >= 0.6 is 0 Å². The Balaban J connectivity index is 2.71. The Bertz CT molecular complexity index is 566. The molecule has 0 atom stereocenters. The molecule has 0 saturated carbocycles. The second-order valence-electron chi connectivity index (χ2n) is 4.47. The average molecular weight is 215 g/mol. The van der Waals surface area contributed by atoms with Crippen molar-refractivity contribution in [1.82, 2.24) is 4.98 Å². The Morgan fingerprint density at radius 3 is 2.62 bits per heavy atom. The summed E-state index contributed by atoms with van der Waals surface area (Å²) in [6.45, 7) is 6.31. The van der Waals surface area contributed by atoms with Crippen molar-refractivity contribution < 1.29 is 0 Å². The highest BCUT2D eigenvalue weighted by atomic mass is 16.1. The van der Waals surface area contributed by atoms with Gasteiger partial charge in [-0.1, -0.05) is 26.8 Å². The van der Waals surface area contributed by atoms with Gasteiger partial charge in [0.05, 0.1) is 0 Å². The molecule has 84 valence electrons. The van der Waals surface area contributed by atoms with Gasteiger partial charge in [-0.2, -0.15) is 0 Å². The van der Waals surface area contributed by atoms with Crippen molar-refractivity contribution in [2.75, 3.05) is 0 Å². The van der Waals surface area contributed by atoms with Gasteiger partial charge in [0.1, 0.15) is 0 Å². The standard InChI is InChI=1S/C14H17NO/c1-4-11-8-14(16)12-7-10(9(2)3)5-6-13(12)15-11/h5-9H,4H2,1-3H3,(H,15,16). The number of nitrogens with one attached hydrogen (secondary N) is 1. The van der Waals surface area contributed by atoms with Crippen LogP contribution in [0.15, 0.2) is 29.1 Å². The number of rotatable bonds is 2. The van der Waals surface area contributed by atoms with Crippen LogP contribution in [0.4, 0.5) is 0 Å². The molecular formula is C14H17NO. The van der Waals surface area contributed by atoms with E-state index in [4.69, 9.17) is 0 Å². The van der Waals surface area contributed by atoms with E-state index in [1.165, 1.54) is 5.56 Å². The predicted molar refractivity (Wildman–Crippen MR) is 68.0 cm³/mol. The van der Waals surface area contributed by atoms with Crippen LogP contribution in [0.2, 0.25) is 0 Å². The van der Waals surface area contributed by atoms with Crippen LogP contribution in [0.5, 0.6) is 0 Å². The minimum atomic E-state index is 0.119. The molecular weight excluding hydrogens is 198 g/mol. The van der Waals surface area contributed by atoms with E-state index in [9.17, 15) is 4.79 Å². The van der Waals surface area contributed by atoms with E-state index in [0.717, 1.165) is 23.0 Å². The topological polar surface area (TPSA) is 32.9 Å². The van der Waals surface area contributed by atoms with Crippen LogP contribution in [0.1, 0.15) is 37.9 Å². The van der Waals surface area contributed by atoms with E-state index in [1.54, 1.807) is 6.07 Å². The molecule has 0 aliphatic heterocycles. The number of aromatic nitrogens is 1. The highest BCUT2D eigenvalue weighted by Crippen LogP contribution is 2.18. The fraction of sp³-hybridized carbons (Fsp3) is 0.357. The van der Waals surface area contributed by atoms with E-state index in [1.807, 2.05) is 19.1 Å². The van der Waals surface area contributed by atoms with Crippen molar-refractivity contribution in [3.63, 3.8) is 0 Å². The summed E-state index contributed by atoms with van der Waals surface area (Å²) in [5.41, 5.74) is 3.26. The number of hydrogen-bond donors (Lipinski definition) is 1. The summed E-state index contributed by atoms with van der Waals surface area (Å²) in [5, 5.41) is 0.795. The summed E-state index contributed by atoms with van der Waals surface area (Å²) >= 11 is 0. The van der Waals surface area contributed by atoms with Crippen LogP contribution in [0.3, 0.4) is 0 Å². The fourth-order valence-corrected chi connectivity index (χ4v) is 1.87. The molecule has 0 saturated heterocycles. The van der Waals surface area contributed by atoms with Crippen molar-refractivity contribution in [3.05, 3.63) is 45.7 Å². The van der Waals surface area contributed by atoms with Gasteiger partial charge >= 0.3 is 0 Å². The van der Waals surface area contributed by atoms with Gasteiger partial charge in [0.15, 0.2) is 5.43 Å². The van der Waals surface area contributed by atoms with Crippen LogP contribution < -0.4 is 5.43 Å². The third-order valence-corrected chi connectivity index (χ3v) is 2.96. The molecule has 2 nitrogen and oxygen atoms in total. The predicted octanol–water partition coefficient (Wildman–Crippen LogP) is 3.21. The lowest BCUT2D eigenvalue weighted by atomic mass is 10.0. The minimum Gasteiger partial charge on any atom is -0.358 e. The minimum absolute atomic E-state index is 0.119. The van der Waals surface area contributed by atoms with Crippen LogP contribution in [-0.2, 0) is 6.42 Å². The zero-order chi connectivity index (χ0) is 11.7. The van der Waals surface area contributed by atoms with Crippen molar-refractivity contribution in [2.24, 2.45) is 0 Å². The maximum atomic E-state index is 11.9. The smallest absolute Gasteiger partial charge is 0.189 e. The molecule has 0 aliphatic rings. The molecule has 0 bridgehead atoms. The summed E-state index contributed by atoms with van der Waals surface area (Å²) in [6.07, 6.45) is 0.858. The third-order valence-electron chi connectivity index (χ3n) is 2.96. The van der Waals surface area contributed by atoms with Crippen molar-refractivity contribution in [3.8, 4) is 0 Å². The first kappa shape index (κ1) is 10.9. The van der Waals surface area contributed by atoms with Gasteiger partial charge < -0.3 is 4.98 Å². The molecule has 0 fully saturated rings. The van der Waals surface area contributed by atoms with E-state index >= 15 is 0 Å². The van der Waals surface area contributed by atoms with Gasteiger partial charge in [-0.3, -0.25) is 4.79 Å². The van der Waals surface area contributed by atoms with E-state index in [2.05, 4.69) is 24.9 Å². The molecule has 16 heavy (non-hydrogen) atoms. The zero-order valence-corrected chi connectivity index (χ0v) is 10.0. The van der Waals surface area contributed by atoms with Gasteiger partial charge in [-0.05, 0) is 30.0 Å². The lowest BCUT2D eigenvalue weighted by Gasteiger charge is -2.07. The largest absolute Gasteiger partial charge is 0.358 e. The lowest BCUT2D eigenvalue weighted by Crippen LogP contribution is -2.05. The molecule has 2 heteroatoms. The third kappa shape index (κ3) is 1.87. The first-order valence-electron chi connectivity index (χ1n) is 5.77. The molecule has 0 aliphatic carbocycles. The normalized spacial score (nSPS) is 11.2. The summed E-state index contributed by atoms with van der Waals surface area (Å²) < 4.78 is 0.